The van der Waals surface area contributed by atoms with Crippen LogP contribution in [0.1, 0.15) is 5.56 Å². The van der Waals surface area contributed by atoms with Crippen LogP contribution in [0.25, 0.3) is 0 Å². The summed E-state index contributed by atoms with van der Waals surface area (Å²) in [4.78, 5) is 3.86. The smallest absolute Gasteiger partial charge is 0.202 e. The van der Waals surface area contributed by atoms with Crippen molar-refractivity contribution < 1.29 is 8.78 Å². The fourth-order valence-electron chi connectivity index (χ4n) is 1.10. The van der Waals surface area contributed by atoms with Crippen molar-refractivity contribution in [2.24, 2.45) is 0 Å². The summed E-state index contributed by atoms with van der Waals surface area (Å²) in [5.41, 5.74) is 0.269. The zero-order valence-electron chi connectivity index (χ0n) is 7.58. The Kier molecular flexibility index (Phi) is 2.86. The summed E-state index contributed by atoms with van der Waals surface area (Å²) in [5, 5.41) is 3.43. The molecule has 0 saturated carbocycles. The number of hydrogen-bond acceptors (Lipinski definition) is 4. The van der Waals surface area contributed by atoms with E-state index in [9.17, 15) is 8.78 Å². The van der Waals surface area contributed by atoms with Crippen LogP contribution in [0, 0.1) is 11.6 Å². The first-order valence-corrected chi connectivity index (χ1v) is 4.97. The molecule has 0 amide bonds. The molecule has 1 aromatic heterocycles. The summed E-state index contributed by atoms with van der Waals surface area (Å²) in [5.74, 6) is -0.890. The van der Waals surface area contributed by atoms with Crippen molar-refractivity contribution in [3.8, 4) is 0 Å². The third-order valence-electron chi connectivity index (χ3n) is 1.80. The first-order chi connectivity index (χ1) is 7.25. The highest BCUT2D eigenvalue weighted by atomic mass is 32.1. The second kappa shape index (κ2) is 4.31. The van der Waals surface area contributed by atoms with Crippen LogP contribution in [0.2, 0.25) is 0 Å². The Balaban J connectivity index is 2.07. The van der Waals surface area contributed by atoms with Crippen molar-refractivity contribution in [2.45, 2.75) is 6.54 Å². The van der Waals surface area contributed by atoms with Crippen LogP contribution in [0.15, 0.2) is 24.5 Å². The van der Waals surface area contributed by atoms with E-state index < -0.39 is 11.6 Å². The molecule has 2 rings (SSSR count). The van der Waals surface area contributed by atoms with Gasteiger partial charge in [-0.25, -0.2) is 13.8 Å². The zero-order chi connectivity index (χ0) is 10.7. The van der Waals surface area contributed by atoms with Gasteiger partial charge in [-0.05, 0) is 18.2 Å². The zero-order valence-corrected chi connectivity index (χ0v) is 8.39. The molecule has 0 radical (unpaired) electrons. The normalized spacial score (nSPS) is 10.3. The van der Waals surface area contributed by atoms with Gasteiger partial charge in [0.1, 0.15) is 18.0 Å². The third-order valence-corrected chi connectivity index (χ3v) is 2.42. The Hall–Kier alpha value is -1.56. The molecule has 6 heteroatoms. The van der Waals surface area contributed by atoms with Gasteiger partial charge in [-0.15, -0.1) is 0 Å². The van der Waals surface area contributed by atoms with Crippen LogP contribution >= 0.6 is 11.5 Å². The Morgan fingerprint density at radius 1 is 1.33 bits per heavy atom. The van der Waals surface area contributed by atoms with Crippen molar-refractivity contribution in [1.29, 1.82) is 0 Å². The van der Waals surface area contributed by atoms with E-state index in [0.29, 0.717) is 5.13 Å². The summed E-state index contributed by atoms with van der Waals surface area (Å²) in [6.07, 6.45) is 1.40. The molecular weight excluding hydrogens is 220 g/mol. The molecule has 0 atom stereocenters. The van der Waals surface area contributed by atoms with Crippen molar-refractivity contribution in [3.05, 3.63) is 41.7 Å². The van der Waals surface area contributed by atoms with Gasteiger partial charge in [0.25, 0.3) is 0 Å². The van der Waals surface area contributed by atoms with Gasteiger partial charge in [-0.2, -0.15) is 4.37 Å². The van der Waals surface area contributed by atoms with Crippen LogP contribution in [-0.2, 0) is 6.54 Å². The van der Waals surface area contributed by atoms with Gasteiger partial charge < -0.3 is 5.32 Å². The number of anilines is 1. The lowest BCUT2D eigenvalue weighted by Gasteiger charge is -2.03. The lowest BCUT2D eigenvalue weighted by molar-refractivity contribution is 0.587. The molecule has 0 aliphatic carbocycles. The summed E-state index contributed by atoms with van der Waals surface area (Å²) in [7, 11) is 0. The molecule has 0 bridgehead atoms. The van der Waals surface area contributed by atoms with E-state index in [4.69, 9.17) is 0 Å². The lowest BCUT2D eigenvalue weighted by Crippen LogP contribution is -2.01. The maximum absolute atomic E-state index is 13.2. The van der Waals surface area contributed by atoms with Crippen molar-refractivity contribution >= 4 is 16.7 Å². The van der Waals surface area contributed by atoms with Crippen molar-refractivity contribution in [3.63, 3.8) is 0 Å². The molecule has 3 nitrogen and oxygen atoms in total. The molecule has 0 unspecified atom stereocenters. The van der Waals surface area contributed by atoms with Gasteiger partial charge in [-0.3, -0.25) is 0 Å². The maximum atomic E-state index is 13.2. The van der Waals surface area contributed by atoms with E-state index in [2.05, 4.69) is 14.7 Å². The van der Waals surface area contributed by atoms with E-state index in [1.807, 2.05) is 0 Å². The van der Waals surface area contributed by atoms with Crippen molar-refractivity contribution in [2.75, 3.05) is 5.32 Å². The van der Waals surface area contributed by atoms with Gasteiger partial charge in [-0.1, -0.05) is 0 Å². The number of halogens is 2. The van der Waals surface area contributed by atoms with Gasteiger partial charge >= 0.3 is 0 Å². The Morgan fingerprint density at radius 2 is 2.20 bits per heavy atom. The quantitative estimate of drug-likeness (QED) is 0.875. The number of hydrogen-bond donors (Lipinski definition) is 1. The minimum atomic E-state index is -0.453. The number of nitrogens with one attached hydrogen (secondary N) is 1. The van der Waals surface area contributed by atoms with Gasteiger partial charge in [0, 0.05) is 23.6 Å². The van der Waals surface area contributed by atoms with Crippen LogP contribution in [0.3, 0.4) is 0 Å². The standard InChI is InChI=1S/C9H7F2N3S/c10-7-1-2-8(11)6(3-7)4-12-9-13-5-14-15-9/h1-3,5H,4H2,(H,12,13,14). The number of nitrogens with zero attached hydrogens (tertiary/aromatic N) is 2. The minimum absolute atomic E-state index is 0.193. The fourth-order valence-corrected chi connectivity index (χ4v) is 1.53. The predicted molar refractivity (Wildman–Crippen MR) is 53.6 cm³/mol. The van der Waals surface area contributed by atoms with Crippen LogP contribution in [-0.4, -0.2) is 9.36 Å². The van der Waals surface area contributed by atoms with Crippen LogP contribution in [0.4, 0.5) is 13.9 Å². The Bertz CT molecular complexity index is 445. The number of rotatable bonds is 3. The van der Waals surface area contributed by atoms with Gasteiger partial charge in [0.15, 0.2) is 0 Å². The first kappa shape index (κ1) is 9.97. The maximum Gasteiger partial charge on any atom is 0.202 e. The molecule has 0 aliphatic rings. The molecule has 0 spiro atoms. The number of benzene rings is 1. The highest BCUT2D eigenvalue weighted by molar-refractivity contribution is 7.09. The van der Waals surface area contributed by atoms with Crippen LogP contribution < -0.4 is 5.32 Å². The Labute approximate surface area is 89.0 Å². The molecule has 0 saturated heterocycles. The van der Waals surface area contributed by atoms with Gasteiger partial charge in [0.2, 0.25) is 5.13 Å². The summed E-state index contributed by atoms with van der Waals surface area (Å²) < 4.78 is 29.7. The van der Waals surface area contributed by atoms with E-state index in [1.54, 1.807) is 0 Å². The second-order valence-electron chi connectivity index (χ2n) is 2.84. The molecular formula is C9H7F2N3S. The monoisotopic (exact) mass is 227 g/mol. The minimum Gasteiger partial charge on any atom is -0.356 e. The molecule has 1 N–H and O–H groups in total. The SMILES string of the molecule is Fc1ccc(F)c(CNc2ncns2)c1. The fraction of sp³-hybridized carbons (Fsp3) is 0.111. The number of aromatic nitrogens is 2. The average Bonchev–Trinajstić information content (AvgIpc) is 2.72. The van der Waals surface area contributed by atoms with E-state index >= 15 is 0 Å². The molecule has 0 fully saturated rings. The third kappa shape index (κ3) is 2.47. The first-order valence-electron chi connectivity index (χ1n) is 4.20. The Morgan fingerprint density at radius 3 is 2.93 bits per heavy atom. The summed E-state index contributed by atoms with van der Waals surface area (Å²) in [6.45, 7) is 0.193. The van der Waals surface area contributed by atoms with Crippen LogP contribution in [0.5, 0.6) is 0 Å². The molecule has 0 aliphatic heterocycles. The van der Waals surface area contributed by atoms with E-state index in [-0.39, 0.29) is 12.1 Å². The second-order valence-corrected chi connectivity index (χ2v) is 3.62. The van der Waals surface area contributed by atoms with Crippen molar-refractivity contribution in [1.82, 2.24) is 9.36 Å². The molecule has 2 aromatic rings. The lowest BCUT2D eigenvalue weighted by atomic mass is 10.2. The molecule has 1 heterocycles. The summed E-state index contributed by atoms with van der Waals surface area (Å²) in [6, 6.07) is 3.35. The molecule has 1 aromatic carbocycles. The highest BCUT2D eigenvalue weighted by Gasteiger charge is 2.04. The van der Waals surface area contributed by atoms with Gasteiger partial charge in [0.05, 0.1) is 0 Å². The molecule has 15 heavy (non-hydrogen) atoms. The average molecular weight is 227 g/mol. The summed E-state index contributed by atoms with van der Waals surface area (Å²) >= 11 is 1.16. The topological polar surface area (TPSA) is 37.8 Å². The van der Waals surface area contributed by atoms with E-state index in [1.165, 1.54) is 6.33 Å². The highest BCUT2D eigenvalue weighted by Crippen LogP contribution is 2.13. The predicted octanol–water partition coefficient (Wildman–Crippen LogP) is 2.43. The largest absolute Gasteiger partial charge is 0.356 e. The van der Waals surface area contributed by atoms with E-state index in [0.717, 1.165) is 29.7 Å². The molecule has 78 valence electrons.